The standard InChI is InChI=1S/C20H37N5O3.HI/c1-2-28-19(26)24-10-6-17(7-11-24)23-18(21)22-16-20(8-4-3-5-9-20)25-12-14-27-15-13-25;/h17H,2-16H2,1H3,(H3,21,22,23);1H. The summed E-state index contributed by atoms with van der Waals surface area (Å²) in [6.45, 7) is 8.03. The zero-order chi connectivity index (χ0) is 19.8. The van der Waals surface area contributed by atoms with E-state index in [1.54, 1.807) is 4.90 Å². The van der Waals surface area contributed by atoms with Crippen LogP contribution in [0.15, 0.2) is 4.99 Å². The van der Waals surface area contributed by atoms with Crippen LogP contribution in [-0.2, 0) is 9.47 Å². The van der Waals surface area contributed by atoms with Crippen molar-refractivity contribution >= 4 is 36.0 Å². The summed E-state index contributed by atoms with van der Waals surface area (Å²) in [6, 6.07) is 0.264. The van der Waals surface area contributed by atoms with Crippen molar-refractivity contribution in [1.82, 2.24) is 15.1 Å². The molecule has 0 atom stereocenters. The van der Waals surface area contributed by atoms with Crippen molar-refractivity contribution in [3.05, 3.63) is 0 Å². The van der Waals surface area contributed by atoms with Crippen LogP contribution in [-0.4, -0.2) is 86.0 Å². The fourth-order valence-electron chi connectivity index (χ4n) is 4.73. The van der Waals surface area contributed by atoms with Gasteiger partial charge in [0, 0.05) is 37.8 Å². The molecule has 2 saturated heterocycles. The number of nitrogens with one attached hydrogen (secondary N) is 1. The normalized spacial score (nSPS) is 23.9. The van der Waals surface area contributed by atoms with Gasteiger partial charge in [-0.1, -0.05) is 19.3 Å². The number of hydrogen-bond acceptors (Lipinski definition) is 5. The predicted octanol–water partition coefficient (Wildman–Crippen LogP) is 2.16. The van der Waals surface area contributed by atoms with Gasteiger partial charge in [-0.05, 0) is 32.6 Å². The Hall–Kier alpha value is -0.810. The lowest BCUT2D eigenvalue weighted by Crippen LogP contribution is -2.57. The van der Waals surface area contributed by atoms with Crippen LogP contribution in [0.3, 0.4) is 0 Å². The molecule has 3 aliphatic rings. The van der Waals surface area contributed by atoms with Crippen LogP contribution in [0.5, 0.6) is 0 Å². The van der Waals surface area contributed by atoms with Gasteiger partial charge in [-0.2, -0.15) is 0 Å². The Morgan fingerprint density at radius 3 is 2.45 bits per heavy atom. The Kier molecular flexibility index (Phi) is 10.2. The first-order valence-corrected chi connectivity index (χ1v) is 10.9. The number of carbonyl (C=O) groups excluding carboxylic acids is 1. The highest BCUT2D eigenvalue weighted by atomic mass is 127. The van der Waals surface area contributed by atoms with Gasteiger partial charge >= 0.3 is 6.09 Å². The minimum absolute atomic E-state index is 0. The molecular weight excluding hydrogens is 485 g/mol. The van der Waals surface area contributed by atoms with E-state index in [2.05, 4.69) is 10.2 Å². The molecule has 8 nitrogen and oxygen atoms in total. The smallest absolute Gasteiger partial charge is 0.409 e. The van der Waals surface area contributed by atoms with E-state index in [0.29, 0.717) is 25.7 Å². The molecule has 0 aromatic rings. The van der Waals surface area contributed by atoms with Crippen LogP contribution in [0, 0.1) is 0 Å². The van der Waals surface area contributed by atoms with E-state index in [1.807, 2.05) is 6.92 Å². The number of aliphatic imine (C=N–C) groups is 1. The number of hydrogen-bond donors (Lipinski definition) is 2. The summed E-state index contributed by atoms with van der Waals surface area (Å²) in [4.78, 5) is 20.9. The lowest BCUT2D eigenvalue weighted by Gasteiger charge is -2.47. The van der Waals surface area contributed by atoms with E-state index >= 15 is 0 Å². The third-order valence-electron chi connectivity index (χ3n) is 6.38. The molecule has 168 valence electrons. The van der Waals surface area contributed by atoms with Crippen LogP contribution in [0.25, 0.3) is 0 Å². The summed E-state index contributed by atoms with van der Waals surface area (Å²) < 4.78 is 10.6. The number of likely N-dealkylation sites (tertiary alicyclic amines) is 1. The molecule has 3 N–H and O–H groups in total. The molecule has 0 unspecified atom stereocenters. The monoisotopic (exact) mass is 523 g/mol. The number of nitrogens with two attached hydrogens (primary N) is 1. The fourth-order valence-corrected chi connectivity index (χ4v) is 4.73. The highest BCUT2D eigenvalue weighted by Crippen LogP contribution is 2.34. The lowest BCUT2D eigenvalue weighted by atomic mass is 9.80. The molecule has 1 amide bonds. The Bertz CT molecular complexity index is 528. The van der Waals surface area contributed by atoms with Crippen molar-refractivity contribution in [3.63, 3.8) is 0 Å². The number of carbonyl (C=O) groups is 1. The predicted molar refractivity (Wildman–Crippen MR) is 125 cm³/mol. The number of morpholine rings is 1. The van der Waals surface area contributed by atoms with Gasteiger partial charge in [0.1, 0.15) is 0 Å². The van der Waals surface area contributed by atoms with Crippen LogP contribution in [0.4, 0.5) is 4.79 Å². The van der Waals surface area contributed by atoms with E-state index in [4.69, 9.17) is 20.2 Å². The van der Waals surface area contributed by atoms with Gasteiger partial charge < -0.3 is 25.4 Å². The van der Waals surface area contributed by atoms with Crippen LogP contribution in [0.2, 0.25) is 0 Å². The Morgan fingerprint density at radius 1 is 1.17 bits per heavy atom. The molecule has 2 aliphatic heterocycles. The van der Waals surface area contributed by atoms with E-state index in [-0.39, 0.29) is 41.7 Å². The maximum absolute atomic E-state index is 11.8. The molecule has 0 aromatic heterocycles. The molecule has 0 radical (unpaired) electrons. The van der Waals surface area contributed by atoms with Gasteiger partial charge in [0.05, 0.1) is 26.4 Å². The molecule has 1 saturated carbocycles. The molecule has 2 heterocycles. The Morgan fingerprint density at radius 2 is 1.83 bits per heavy atom. The summed E-state index contributed by atoms with van der Waals surface area (Å²) in [5, 5.41) is 3.38. The largest absolute Gasteiger partial charge is 0.450 e. The number of nitrogens with zero attached hydrogens (tertiary/aromatic N) is 3. The molecule has 29 heavy (non-hydrogen) atoms. The third-order valence-corrected chi connectivity index (χ3v) is 6.38. The number of ether oxygens (including phenoxy) is 2. The summed E-state index contributed by atoms with van der Waals surface area (Å²) in [5.41, 5.74) is 6.38. The van der Waals surface area contributed by atoms with E-state index in [1.165, 1.54) is 32.1 Å². The van der Waals surface area contributed by atoms with Gasteiger partial charge in [-0.25, -0.2) is 4.79 Å². The first kappa shape index (κ1) is 24.5. The minimum atomic E-state index is -0.215. The van der Waals surface area contributed by atoms with E-state index < -0.39 is 0 Å². The lowest BCUT2D eigenvalue weighted by molar-refractivity contribution is -0.0333. The number of amides is 1. The van der Waals surface area contributed by atoms with Gasteiger partial charge in [-0.15, -0.1) is 24.0 Å². The second-order valence-corrected chi connectivity index (χ2v) is 8.19. The summed E-state index contributed by atoms with van der Waals surface area (Å²) in [5.74, 6) is 0.535. The van der Waals surface area contributed by atoms with Gasteiger partial charge in [0.2, 0.25) is 0 Å². The molecule has 3 fully saturated rings. The van der Waals surface area contributed by atoms with Gasteiger partial charge in [0.25, 0.3) is 0 Å². The van der Waals surface area contributed by atoms with E-state index in [0.717, 1.165) is 45.7 Å². The molecule has 0 bridgehead atoms. The van der Waals surface area contributed by atoms with Crippen molar-refractivity contribution < 1.29 is 14.3 Å². The zero-order valence-electron chi connectivity index (χ0n) is 17.7. The number of halogens is 1. The summed E-state index contributed by atoms with van der Waals surface area (Å²) in [6.07, 6.45) is 7.77. The van der Waals surface area contributed by atoms with Crippen molar-refractivity contribution in [2.24, 2.45) is 10.7 Å². The maximum atomic E-state index is 11.8. The van der Waals surface area contributed by atoms with Crippen LogP contribution < -0.4 is 11.1 Å². The quantitative estimate of drug-likeness (QED) is 0.326. The van der Waals surface area contributed by atoms with E-state index in [9.17, 15) is 4.79 Å². The average Bonchev–Trinajstić information content (AvgIpc) is 2.74. The highest BCUT2D eigenvalue weighted by Gasteiger charge is 2.38. The van der Waals surface area contributed by atoms with Crippen molar-refractivity contribution in [2.45, 2.75) is 63.5 Å². The number of piperidine rings is 1. The second-order valence-electron chi connectivity index (χ2n) is 8.19. The SMILES string of the molecule is CCOC(=O)N1CCC(NC(N)=NCC2(N3CCOCC3)CCCCC2)CC1.I. The first-order chi connectivity index (χ1) is 13.6. The molecule has 3 rings (SSSR count). The van der Waals surface area contributed by atoms with Crippen LogP contribution >= 0.6 is 24.0 Å². The van der Waals surface area contributed by atoms with Crippen molar-refractivity contribution in [3.8, 4) is 0 Å². The topological polar surface area (TPSA) is 92.4 Å². The molecular formula is C20H38IN5O3. The summed E-state index contributed by atoms with van der Waals surface area (Å²) >= 11 is 0. The van der Waals surface area contributed by atoms with Crippen molar-refractivity contribution in [1.29, 1.82) is 0 Å². The first-order valence-electron chi connectivity index (χ1n) is 10.9. The minimum Gasteiger partial charge on any atom is -0.450 e. The number of rotatable bonds is 5. The van der Waals surface area contributed by atoms with Crippen LogP contribution in [0.1, 0.15) is 51.9 Å². The third kappa shape index (κ3) is 6.85. The summed E-state index contributed by atoms with van der Waals surface area (Å²) in [7, 11) is 0. The molecule has 0 spiro atoms. The Labute approximate surface area is 191 Å². The highest BCUT2D eigenvalue weighted by molar-refractivity contribution is 14.0. The zero-order valence-corrected chi connectivity index (χ0v) is 20.1. The molecule has 1 aliphatic carbocycles. The van der Waals surface area contributed by atoms with Gasteiger partial charge in [0.15, 0.2) is 5.96 Å². The fraction of sp³-hybridized carbons (Fsp3) is 0.900. The molecule has 9 heteroatoms. The average molecular weight is 523 g/mol. The Balaban J connectivity index is 0.00000300. The maximum Gasteiger partial charge on any atom is 0.409 e. The van der Waals surface area contributed by atoms with Crippen molar-refractivity contribution in [2.75, 3.05) is 52.5 Å². The second kappa shape index (κ2) is 12.1. The van der Waals surface area contributed by atoms with Gasteiger partial charge in [-0.3, -0.25) is 9.89 Å². The number of guanidine groups is 1. The molecule has 0 aromatic carbocycles.